The summed E-state index contributed by atoms with van der Waals surface area (Å²) < 4.78 is 1.87. The van der Waals surface area contributed by atoms with Crippen LogP contribution in [0.2, 0.25) is 10.2 Å². The molecule has 146 valence electrons. The monoisotopic (exact) mass is 424 g/mol. The molecule has 0 unspecified atom stereocenters. The first-order valence-corrected chi connectivity index (χ1v) is 9.75. The van der Waals surface area contributed by atoms with E-state index in [0.717, 1.165) is 28.6 Å². The number of carbonyl (C=O) groups is 1. The second-order valence-electron chi connectivity index (χ2n) is 6.24. The van der Waals surface area contributed by atoms with E-state index in [-0.39, 0.29) is 5.15 Å². The summed E-state index contributed by atoms with van der Waals surface area (Å²) in [7, 11) is 0. The molecular formula is C23H18Cl2N2O2. The Balaban J connectivity index is 1.90. The van der Waals surface area contributed by atoms with Crippen LogP contribution < -0.4 is 0 Å². The van der Waals surface area contributed by atoms with Crippen molar-refractivity contribution in [2.75, 3.05) is 0 Å². The van der Waals surface area contributed by atoms with Gasteiger partial charge < -0.3 is 9.67 Å². The fourth-order valence-corrected chi connectivity index (χ4v) is 3.33. The van der Waals surface area contributed by atoms with Crippen LogP contribution in [0.1, 0.15) is 35.1 Å². The molecule has 1 heterocycles. The number of carboxylic acid groups (broad SMARTS) is 1. The lowest BCUT2D eigenvalue weighted by molar-refractivity contribution is -0.131. The number of aromatic nitrogens is 2. The van der Waals surface area contributed by atoms with Gasteiger partial charge in [-0.25, -0.2) is 9.78 Å². The highest BCUT2D eigenvalue weighted by Crippen LogP contribution is 2.24. The number of carboxylic acids is 1. The summed E-state index contributed by atoms with van der Waals surface area (Å²) in [5.41, 5.74) is 3.15. The highest BCUT2D eigenvalue weighted by atomic mass is 35.5. The van der Waals surface area contributed by atoms with Gasteiger partial charge in [0.05, 0.1) is 12.2 Å². The normalized spacial score (nSPS) is 10.7. The van der Waals surface area contributed by atoms with E-state index in [4.69, 9.17) is 28.3 Å². The Bertz CT molecular complexity index is 1120. The van der Waals surface area contributed by atoms with Gasteiger partial charge >= 0.3 is 5.97 Å². The van der Waals surface area contributed by atoms with Crippen molar-refractivity contribution in [1.82, 2.24) is 9.55 Å². The van der Waals surface area contributed by atoms with Crippen molar-refractivity contribution in [3.05, 3.63) is 93.0 Å². The molecule has 1 aromatic heterocycles. The van der Waals surface area contributed by atoms with Gasteiger partial charge in [-0.2, -0.15) is 0 Å². The predicted molar refractivity (Wildman–Crippen MR) is 116 cm³/mol. The van der Waals surface area contributed by atoms with E-state index in [1.807, 2.05) is 60.0 Å². The molecule has 0 fully saturated rings. The largest absolute Gasteiger partial charge is 0.478 e. The van der Waals surface area contributed by atoms with Crippen molar-refractivity contribution in [3.8, 4) is 11.8 Å². The Morgan fingerprint density at radius 1 is 1.14 bits per heavy atom. The Morgan fingerprint density at radius 3 is 2.52 bits per heavy atom. The molecule has 0 atom stereocenters. The quantitative estimate of drug-likeness (QED) is 0.446. The molecule has 2 aromatic carbocycles. The first-order chi connectivity index (χ1) is 14.0. The Morgan fingerprint density at radius 2 is 1.86 bits per heavy atom. The number of hydrogen-bond donors (Lipinski definition) is 1. The summed E-state index contributed by atoms with van der Waals surface area (Å²) in [6.45, 7) is 2.39. The minimum atomic E-state index is -1.05. The molecule has 29 heavy (non-hydrogen) atoms. The summed E-state index contributed by atoms with van der Waals surface area (Å²) in [5, 5.41) is 9.76. The van der Waals surface area contributed by atoms with Crippen molar-refractivity contribution in [3.63, 3.8) is 0 Å². The van der Waals surface area contributed by atoms with Gasteiger partial charge in [0.15, 0.2) is 5.15 Å². The van der Waals surface area contributed by atoms with Gasteiger partial charge in [-0.05, 0) is 35.9 Å². The van der Waals surface area contributed by atoms with Gasteiger partial charge in [-0.1, -0.05) is 66.2 Å². The zero-order chi connectivity index (χ0) is 20.8. The summed E-state index contributed by atoms with van der Waals surface area (Å²) in [6.07, 6.45) is 3.14. The smallest absolute Gasteiger partial charge is 0.328 e. The molecule has 0 saturated heterocycles. The molecule has 4 nitrogen and oxygen atoms in total. The molecule has 0 spiro atoms. The second kappa shape index (κ2) is 9.47. The maximum Gasteiger partial charge on any atom is 0.328 e. The topological polar surface area (TPSA) is 55.1 Å². The van der Waals surface area contributed by atoms with Gasteiger partial charge in [0.2, 0.25) is 0 Å². The van der Waals surface area contributed by atoms with Crippen molar-refractivity contribution in [2.24, 2.45) is 0 Å². The number of aryl methyl sites for hydroxylation is 1. The van der Waals surface area contributed by atoms with Crippen LogP contribution in [0.3, 0.4) is 0 Å². The molecule has 0 radical (unpaired) electrons. The van der Waals surface area contributed by atoms with Crippen molar-refractivity contribution >= 4 is 35.2 Å². The third-order valence-electron chi connectivity index (χ3n) is 4.25. The number of imidazole rings is 1. The van der Waals surface area contributed by atoms with Gasteiger partial charge in [-0.3, -0.25) is 0 Å². The first kappa shape index (κ1) is 20.7. The van der Waals surface area contributed by atoms with Gasteiger partial charge in [0.25, 0.3) is 0 Å². The zero-order valence-electron chi connectivity index (χ0n) is 15.7. The van der Waals surface area contributed by atoms with Crippen LogP contribution in [-0.2, 0) is 17.8 Å². The van der Waals surface area contributed by atoms with E-state index in [0.29, 0.717) is 23.7 Å². The van der Waals surface area contributed by atoms with Crippen LogP contribution in [0.4, 0.5) is 0 Å². The van der Waals surface area contributed by atoms with E-state index >= 15 is 0 Å². The average Bonchev–Trinajstić information content (AvgIpc) is 3.01. The first-order valence-electron chi connectivity index (χ1n) is 8.99. The van der Waals surface area contributed by atoms with Crippen LogP contribution in [0.15, 0.2) is 54.6 Å². The summed E-state index contributed by atoms with van der Waals surface area (Å²) in [4.78, 5) is 15.2. The molecule has 1 N–H and O–H groups in total. The van der Waals surface area contributed by atoms with Crippen LogP contribution in [0.5, 0.6) is 0 Å². The number of nitrogens with zero attached hydrogens (tertiary/aromatic N) is 2. The lowest BCUT2D eigenvalue weighted by Gasteiger charge is -2.11. The van der Waals surface area contributed by atoms with Gasteiger partial charge in [0, 0.05) is 28.6 Å². The van der Waals surface area contributed by atoms with E-state index in [2.05, 4.69) is 16.8 Å². The van der Waals surface area contributed by atoms with E-state index < -0.39 is 5.97 Å². The maximum atomic E-state index is 10.9. The summed E-state index contributed by atoms with van der Waals surface area (Å²) >= 11 is 12.7. The van der Waals surface area contributed by atoms with Gasteiger partial charge in [-0.15, -0.1) is 0 Å². The number of aliphatic carboxylic acids is 1. The highest BCUT2D eigenvalue weighted by molar-refractivity contribution is 6.31. The Hall–Kier alpha value is -3.00. The molecule has 0 bridgehead atoms. The molecule has 0 aliphatic carbocycles. The molecular weight excluding hydrogens is 407 g/mol. The number of benzene rings is 2. The van der Waals surface area contributed by atoms with Crippen LogP contribution in [0.25, 0.3) is 6.08 Å². The highest BCUT2D eigenvalue weighted by Gasteiger charge is 2.14. The third kappa shape index (κ3) is 5.29. The molecule has 3 aromatic rings. The minimum absolute atomic E-state index is 0.265. The molecule has 3 rings (SSSR count). The SMILES string of the molecule is CCc1nc(Cl)c(/C=C/C(=O)O)n1Cc1ccc(C#Cc2ccccc2)cc1Cl. The lowest BCUT2D eigenvalue weighted by atomic mass is 10.1. The lowest BCUT2D eigenvalue weighted by Crippen LogP contribution is -2.07. The molecule has 0 saturated carbocycles. The van der Waals surface area contributed by atoms with Crippen molar-refractivity contribution in [2.45, 2.75) is 19.9 Å². The molecule has 0 amide bonds. The fourth-order valence-electron chi connectivity index (χ4n) is 2.83. The average molecular weight is 425 g/mol. The van der Waals surface area contributed by atoms with Crippen LogP contribution in [-0.4, -0.2) is 20.6 Å². The number of halogens is 2. The molecule has 0 aliphatic rings. The van der Waals surface area contributed by atoms with E-state index in [1.54, 1.807) is 0 Å². The Labute approximate surface area is 179 Å². The standard InChI is InChI=1S/C23H18Cl2N2O2/c1-2-21-26-23(25)20(12-13-22(28)29)27(21)15-18-11-10-17(14-19(18)24)9-8-16-6-4-3-5-7-16/h3-7,10-14H,2,15H2,1H3,(H,28,29)/b13-12+. The number of hydrogen-bond acceptors (Lipinski definition) is 2. The van der Waals surface area contributed by atoms with Gasteiger partial charge in [0.1, 0.15) is 5.82 Å². The minimum Gasteiger partial charge on any atom is -0.478 e. The second-order valence-corrected chi connectivity index (χ2v) is 7.00. The van der Waals surface area contributed by atoms with Crippen molar-refractivity contribution < 1.29 is 9.90 Å². The Kier molecular flexibility index (Phi) is 6.77. The summed E-state index contributed by atoms with van der Waals surface area (Å²) in [5.74, 6) is 5.93. The van der Waals surface area contributed by atoms with E-state index in [1.165, 1.54) is 6.08 Å². The third-order valence-corrected chi connectivity index (χ3v) is 4.88. The maximum absolute atomic E-state index is 10.9. The van der Waals surface area contributed by atoms with Crippen LogP contribution >= 0.6 is 23.2 Å². The number of rotatable bonds is 5. The molecule has 6 heteroatoms. The molecule has 0 aliphatic heterocycles. The summed E-state index contributed by atoms with van der Waals surface area (Å²) in [6, 6.07) is 15.4. The fraction of sp³-hybridized carbons (Fsp3) is 0.130. The van der Waals surface area contributed by atoms with Crippen LogP contribution in [0, 0.1) is 11.8 Å². The predicted octanol–water partition coefficient (Wildman–Crippen LogP) is 5.30. The van der Waals surface area contributed by atoms with Crippen molar-refractivity contribution in [1.29, 1.82) is 0 Å². The van der Waals surface area contributed by atoms with E-state index in [9.17, 15) is 4.79 Å². The zero-order valence-corrected chi connectivity index (χ0v) is 17.2.